The highest BCUT2D eigenvalue weighted by Gasteiger charge is 2.31. The summed E-state index contributed by atoms with van der Waals surface area (Å²) >= 11 is 0. The van der Waals surface area contributed by atoms with Gasteiger partial charge in [-0.2, -0.15) is 0 Å². The van der Waals surface area contributed by atoms with Crippen LogP contribution in [-0.2, 0) is 16.0 Å². The normalized spacial score (nSPS) is 18.6. The highest BCUT2D eigenvalue weighted by Crippen LogP contribution is 2.25. The lowest BCUT2D eigenvalue weighted by Gasteiger charge is -2.10. The largest absolute Gasteiger partial charge is 0.508 e. The second kappa shape index (κ2) is 11.5. The maximum absolute atomic E-state index is 11.5. The summed E-state index contributed by atoms with van der Waals surface area (Å²) in [6.45, 7) is 7.98. The van der Waals surface area contributed by atoms with Crippen LogP contribution in [0.5, 0.6) is 0 Å². The van der Waals surface area contributed by atoms with Crippen LogP contribution in [0.2, 0.25) is 0 Å². The maximum atomic E-state index is 11.5. The summed E-state index contributed by atoms with van der Waals surface area (Å²) in [5.74, 6) is -0.338. The third-order valence-electron chi connectivity index (χ3n) is 5.33. The minimum atomic E-state index is -0.517. The molecular formula is C25H34O4. The number of carbonyl (C=O) groups excluding carboxylic acids is 1. The van der Waals surface area contributed by atoms with Crippen molar-refractivity contribution in [1.82, 2.24) is 0 Å². The Morgan fingerprint density at radius 1 is 1.10 bits per heavy atom. The van der Waals surface area contributed by atoms with Gasteiger partial charge in [-0.15, -0.1) is 0 Å². The van der Waals surface area contributed by atoms with Gasteiger partial charge in [0.1, 0.15) is 5.76 Å². The summed E-state index contributed by atoms with van der Waals surface area (Å²) < 4.78 is 10.3. The predicted octanol–water partition coefficient (Wildman–Crippen LogP) is 6.76. The molecule has 0 spiro atoms. The second-order valence-electron chi connectivity index (χ2n) is 8.02. The predicted molar refractivity (Wildman–Crippen MR) is 117 cm³/mol. The summed E-state index contributed by atoms with van der Waals surface area (Å²) in [5, 5.41) is 9.92. The summed E-state index contributed by atoms with van der Waals surface area (Å²) in [4.78, 5) is 11.5. The maximum Gasteiger partial charge on any atom is 0.338 e. The molecule has 4 heteroatoms. The molecule has 0 bridgehead atoms. The molecule has 0 radical (unpaired) electrons. The standard InChI is InChI=1S/C25H34O4/c1-18(8-5-9-19(2)11-7-13-22-14-15-28-17-22)10-6-12-20(3)16-23-24(26)21(4)25(27)29-23/h8-9,12,14-15,17,23,26H,5-7,10-11,13,16H2,1-4H3/b18-8+,19-9+,20-12-/t23-/m0/s1. The first kappa shape index (κ1) is 22.8. The van der Waals surface area contributed by atoms with E-state index in [4.69, 9.17) is 9.15 Å². The highest BCUT2D eigenvalue weighted by molar-refractivity contribution is 5.91. The summed E-state index contributed by atoms with van der Waals surface area (Å²) in [6, 6.07) is 2.03. The molecule has 1 aliphatic rings. The molecule has 1 N–H and O–H groups in total. The van der Waals surface area contributed by atoms with Gasteiger partial charge in [0.2, 0.25) is 0 Å². The molecule has 0 amide bonds. The number of aliphatic hydroxyl groups is 1. The first-order valence-corrected chi connectivity index (χ1v) is 10.5. The molecule has 2 rings (SSSR count). The number of esters is 1. The Hall–Kier alpha value is -2.49. The van der Waals surface area contributed by atoms with Crippen molar-refractivity contribution in [3.05, 3.63) is 70.4 Å². The SMILES string of the molecule is CC1=C(O)[C@H](C/C(C)=C\CC/C(C)=C/C/C=C(\C)CCCc2ccoc2)OC1=O. The molecule has 0 unspecified atom stereocenters. The minimum absolute atomic E-state index is 0.0748. The number of hydrogen-bond donors (Lipinski definition) is 1. The van der Waals surface area contributed by atoms with Gasteiger partial charge in [-0.05, 0) is 77.8 Å². The molecule has 4 nitrogen and oxygen atoms in total. The molecule has 1 atom stereocenters. The average Bonchev–Trinajstić information content (AvgIpc) is 3.27. The molecule has 29 heavy (non-hydrogen) atoms. The van der Waals surface area contributed by atoms with E-state index in [0.29, 0.717) is 12.0 Å². The van der Waals surface area contributed by atoms with Crippen LogP contribution < -0.4 is 0 Å². The van der Waals surface area contributed by atoms with Gasteiger partial charge in [0, 0.05) is 6.42 Å². The van der Waals surface area contributed by atoms with E-state index in [9.17, 15) is 9.90 Å². The van der Waals surface area contributed by atoms with E-state index < -0.39 is 12.1 Å². The number of allylic oxidation sites excluding steroid dienone is 5. The topological polar surface area (TPSA) is 59.7 Å². The van der Waals surface area contributed by atoms with Crippen molar-refractivity contribution in [3.63, 3.8) is 0 Å². The number of carbonyl (C=O) groups is 1. The Balaban J connectivity index is 1.66. The molecule has 0 saturated carbocycles. The molecule has 1 aliphatic heterocycles. The monoisotopic (exact) mass is 398 g/mol. The fourth-order valence-electron chi connectivity index (χ4n) is 3.35. The Labute approximate surface area is 174 Å². The van der Waals surface area contributed by atoms with Crippen LogP contribution in [0, 0.1) is 0 Å². The van der Waals surface area contributed by atoms with Crippen molar-refractivity contribution < 1.29 is 19.1 Å². The highest BCUT2D eigenvalue weighted by atomic mass is 16.6. The van der Waals surface area contributed by atoms with Crippen LogP contribution in [0.3, 0.4) is 0 Å². The fourth-order valence-corrected chi connectivity index (χ4v) is 3.35. The van der Waals surface area contributed by atoms with E-state index in [2.05, 4.69) is 32.1 Å². The van der Waals surface area contributed by atoms with E-state index >= 15 is 0 Å². The first-order chi connectivity index (χ1) is 13.9. The van der Waals surface area contributed by atoms with Gasteiger partial charge in [0.15, 0.2) is 6.10 Å². The lowest BCUT2D eigenvalue weighted by atomic mass is 10.0. The van der Waals surface area contributed by atoms with Gasteiger partial charge in [-0.25, -0.2) is 4.79 Å². The number of aliphatic hydroxyl groups excluding tert-OH is 1. The molecule has 0 aliphatic carbocycles. The molecule has 158 valence electrons. The first-order valence-electron chi connectivity index (χ1n) is 10.5. The zero-order valence-electron chi connectivity index (χ0n) is 18.2. The number of hydrogen-bond acceptors (Lipinski definition) is 4. The zero-order chi connectivity index (χ0) is 21.2. The molecule has 2 heterocycles. The fraction of sp³-hybridized carbons (Fsp3) is 0.480. The van der Waals surface area contributed by atoms with Crippen LogP contribution >= 0.6 is 0 Å². The number of rotatable bonds is 11. The summed E-state index contributed by atoms with van der Waals surface area (Å²) in [7, 11) is 0. The van der Waals surface area contributed by atoms with Crippen LogP contribution in [0.25, 0.3) is 0 Å². The van der Waals surface area contributed by atoms with E-state index in [-0.39, 0.29) is 5.76 Å². The van der Waals surface area contributed by atoms with Crippen LogP contribution in [0.1, 0.15) is 71.8 Å². The van der Waals surface area contributed by atoms with Crippen molar-refractivity contribution in [1.29, 1.82) is 0 Å². The van der Waals surface area contributed by atoms with Gasteiger partial charge in [-0.1, -0.05) is 34.9 Å². The molecule has 1 aromatic rings. The van der Waals surface area contributed by atoms with Crippen molar-refractivity contribution in [2.75, 3.05) is 0 Å². The van der Waals surface area contributed by atoms with Crippen molar-refractivity contribution >= 4 is 5.97 Å². The lowest BCUT2D eigenvalue weighted by Crippen LogP contribution is -2.12. The number of aryl methyl sites for hydroxylation is 1. The Morgan fingerprint density at radius 2 is 1.83 bits per heavy atom. The molecule has 0 aromatic carbocycles. The van der Waals surface area contributed by atoms with E-state index in [0.717, 1.165) is 44.1 Å². The molecule has 1 aromatic heterocycles. The minimum Gasteiger partial charge on any atom is -0.508 e. The van der Waals surface area contributed by atoms with Gasteiger partial charge in [0.25, 0.3) is 0 Å². The quantitative estimate of drug-likeness (QED) is 0.330. The molecular weight excluding hydrogens is 364 g/mol. The van der Waals surface area contributed by atoms with E-state index in [1.54, 1.807) is 13.2 Å². The Bertz CT molecular complexity index is 791. The van der Waals surface area contributed by atoms with Gasteiger partial charge in [0.05, 0.1) is 18.1 Å². The van der Waals surface area contributed by atoms with E-state index in [1.807, 2.05) is 19.3 Å². The van der Waals surface area contributed by atoms with Gasteiger partial charge >= 0.3 is 5.97 Å². The molecule has 0 fully saturated rings. The van der Waals surface area contributed by atoms with Crippen molar-refractivity contribution in [2.45, 2.75) is 78.7 Å². The number of furan rings is 1. The summed E-state index contributed by atoms with van der Waals surface area (Å²) in [6.07, 6.45) is 16.6. The second-order valence-corrected chi connectivity index (χ2v) is 8.02. The third-order valence-corrected chi connectivity index (χ3v) is 5.33. The summed E-state index contributed by atoms with van der Waals surface area (Å²) in [5.41, 5.74) is 5.53. The van der Waals surface area contributed by atoms with Gasteiger partial charge < -0.3 is 14.3 Å². The Morgan fingerprint density at radius 3 is 2.45 bits per heavy atom. The number of ether oxygens (including phenoxy) is 1. The lowest BCUT2D eigenvalue weighted by molar-refractivity contribution is -0.140. The van der Waals surface area contributed by atoms with Crippen LogP contribution in [0.4, 0.5) is 0 Å². The Kier molecular flexibility index (Phi) is 9.04. The van der Waals surface area contributed by atoms with Gasteiger partial charge in [-0.3, -0.25) is 0 Å². The number of cyclic esters (lactones) is 1. The average molecular weight is 399 g/mol. The van der Waals surface area contributed by atoms with Crippen molar-refractivity contribution in [2.24, 2.45) is 0 Å². The van der Waals surface area contributed by atoms with Crippen molar-refractivity contribution in [3.8, 4) is 0 Å². The third kappa shape index (κ3) is 7.80. The van der Waals surface area contributed by atoms with E-state index in [1.165, 1.54) is 16.7 Å². The smallest absolute Gasteiger partial charge is 0.338 e. The zero-order valence-corrected chi connectivity index (χ0v) is 18.2. The molecule has 0 saturated heterocycles. The van der Waals surface area contributed by atoms with Crippen LogP contribution in [0.15, 0.2) is 69.3 Å². The van der Waals surface area contributed by atoms with Crippen LogP contribution in [-0.4, -0.2) is 17.2 Å².